The fourth-order valence-electron chi connectivity index (χ4n) is 4.95. The fraction of sp³-hybridized carbons (Fsp3) is 0.944. The lowest BCUT2D eigenvalue weighted by molar-refractivity contribution is -0.173. The fourth-order valence-corrected chi connectivity index (χ4v) is 4.95. The second-order valence-corrected chi connectivity index (χ2v) is 8.58. The van der Waals surface area contributed by atoms with Gasteiger partial charge in [0.2, 0.25) is 0 Å². The molecule has 0 aromatic rings. The first-order valence-corrected chi connectivity index (χ1v) is 8.69. The summed E-state index contributed by atoms with van der Waals surface area (Å²) in [7, 11) is 0. The van der Waals surface area contributed by atoms with E-state index in [1.54, 1.807) is 0 Å². The average molecular weight is 294 g/mol. The zero-order chi connectivity index (χ0) is 15.5. The third-order valence-corrected chi connectivity index (χ3v) is 6.73. The number of carbonyl (C=O) groups is 1. The maximum absolute atomic E-state index is 12.6. The van der Waals surface area contributed by atoms with E-state index in [2.05, 4.69) is 6.92 Å². The molecule has 3 nitrogen and oxygen atoms in total. The van der Waals surface area contributed by atoms with Crippen LogP contribution in [0.3, 0.4) is 0 Å². The lowest BCUT2D eigenvalue weighted by Gasteiger charge is -2.50. The van der Waals surface area contributed by atoms with Gasteiger partial charge in [0.25, 0.3) is 0 Å². The zero-order valence-corrected chi connectivity index (χ0v) is 13.9. The van der Waals surface area contributed by atoms with Gasteiger partial charge in [-0.05, 0) is 70.1 Å². The standard InChI is InChI=1S/C18H30O3/c1-5-12-7-17(21-15(19)16(3,4)6-2)9-13-10-18(20,8-12)14(13)11-17/h12-14,20H,5-11H2,1-4H3. The first kappa shape index (κ1) is 15.3. The molecule has 0 aromatic heterocycles. The Balaban J connectivity index is 1.82. The molecule has 3 saturated carbocycles. The van der Waals surface area contributed by atoms with Gasteiger partial charge in [0.15, 0.2) is 0 Å². The summed E-state index contributed by atoms with van der Waals surface area (Å²) >= 11 is 0. The minimum absolute atomic E-state index is 0.0495. The van der Waals surface area contributed by atoms with E-state index in [1.807, 2.05) is 20.8 Å². The Morgan fingerprint density at radius 1 is 1.19 bits per heavy atom. The zero-order valence-electron chi connectivity index (χ0n) is 13.9. The summed E-state index contributed by atoms with van der Waals surface area (Å²) in [5.41, 5.74) is -1.16. The number of aliphatic hydroxyl groups is 1. The maximum atomic E-state index is 12.6. The summed E-state index contributed by atoms with van der Waals surface area (Å²) in [5, 5.41) is 10.8. The van der Waals surface area contributed by atoms with Gasteiger partial charge in [-0.15, -0.1) is 0 Å². The molecule has 120 valence electrons. The van der Waals surface area contributed by atoms with Crippen molar-refractivity contribution >= 4 is 5.97 Å². The average Bonchev–Trinajstić information content (AvgIpc) is 2.66. The molecule has 3 rings (SSSR count). The highest BCUT2D eigenvalue weighted by atomic mass is 16.6. The van der Waals surface area contributed by atoms with Crippen LogP contribution in [0.25, 0.3) is 0 Å². The van der Waals surface area contributed by atoms with Crippen LogP contribution >= 0.6 is 0 Å². The van der Waals surface area contributed by atoms with Crippen LogP contribution in [0.15, 0.2) is 0 Å². The van der Waals surface area contributed by atoms with Crippen molar-refractivity contribution in [3.63, 3.8) is 0 Å². The molecule has 0 radical (unpaired) electrons. The van der Waals surface area contributed by atoms with E-state index in [9.17, 15) is 9.90 Å². The monoisotopic (exact) mass is 294 g/mol. The quantitative estimate of drug-likeness (QED) is 0.804. The van der Waals surface area contributed by atoms with Crippen LogP contribution in [0.4, 0.5) is 0 Å². The van der Waals surface area contributed by atoms with E-state index in [4.69, 9.17) is 4.74 Å². The number of hydrogen-bond donors (Lipinski definition) is 1. The molecule has 2 bridgehead atoms. The van der Waals surface area contributed by atoms with Gasteiger partial charge < -0.3 is 9.84 Å². The van der Waals surface area contributed by atoms with Gasteiger partial charge in [-0.25, -0.2) is 0 Å². The Morgan fingerprint density at radius 3 is 2.52 bits per heavy atom. The molecule has 1 N–H and O–H groups in total. The van der Waals surface area contributed by atoms with Crippen LogP contribution in [0.2, 0.25) is 0 Å². The van der Waals surface area contributed by atoms with Crippen LogP contribution in [0.1, 0.15) is 72.6 Å². The summed E-state index contributed by atoms with van der Waals surface area (Å²) in [6.07, 6.45) is 6.50. The molecule has 0 saturated heterocycles. The minimum Gasteiger partial charge on any atom is -0.459 e. The first-order valence-electron chi connectivity index (χ1n) is 8.69. The van der Waals surface area contributed by atoms with Gasteiger partial charge in [-0.2, -0.15) is 0 Å². The van der Waals surface area contributed by atoms with Gasteiger partial charge in [0.1, 0.15) is 5.60 Å². The highest BCUT2D eigenvalue weighted by Crippen LogP contribution is 2.64. The van der Waals surface area contributed by atoms with Crippen molar-refractivity contribution in [2.24, 2.45) is 23.2 Å². The van der Waals surface area contributed by atoms with E-state index < -0.39 is 11.0 Å². The van der Waals surface area contributed by atoms with Gasteiger partial charge in [-0.3, -0.25) is 4.79 Å². The molecule has 5 unspecified atom stereocenters. The van der Waals surface area contributed by atoms with Crippen molar-refractivity contribution in [1.29, 1.82) is 0 Å². The summed E-state index contributed by atoms with van der Waals surface area (Å²) < 4.78 is 6.13. The first-order chi connectivity index (χ1) is 9.73. The smallest absolute Gasteiger partial charge is 0.312 e. The molecule has 21 heavy (non-hydrogen) atoms. The minimum atomic E-state index is -0.462. The lowest BCUT2D eigenvalue weighted by atomic mass is 9.59. The maximum Gasteiger partial charge on any atom is 0.312 e. The number of hydrogen-bond acceptors (Lipinski definition) is 3. The summed E-state index contributed by atoms with van der Waals surface area (Å²) in [6.45, 7) is 8.17. The van der Waals surface area contributed by atoms with Gasteiger partial charge in [-0.1, -0.05) is 20.3 Å². The van der Waals surface area contributed by atoms with E-state index >= 15 is 0 Å². The number of fused-ring (bicyclic) bond motifs is 1. The summed E-state index contributed by atoms with van der Waals surface area (Å²) in [4.78, 5) is 12.6. The number of rotatable bonds is 4. The summed E-state index contributed by atoms with van der Waals surface area (Å²) in [5.74, 6) is 1.38. The molecule has 3 heteroatoms. The van der Waals surface area contributed by atoms with Crippen molar-refractivity contribution < 1.29 is 14.6 Å². The van der Waals surface area contributed by atoms with Crippen molar-refractivity contribution in [2.45, 2.75) is 83.8 Å². The van der Waals surface area contributed by atoms with E-state index in [1.165, 1.54) is 0 Å². The third kappa shape index (κ3) is 2.32. The highest BCUT2D eigenvalue weighted by Gasteiger charge is 2.65. The Kier molecular flexibility index (Phi) is 3.44. The number of ether oxygens (including phenoxy) is 1. The Morgan fingerprint density at radius 2 is 1.90 bits per heavy atom. The molecule has 0 spiro atoms. The van der Waals surface area contributed by atoms with Crippen molar-refractivity contribution in [3.8, 4) is 0 Å². The van der Waals surface area contributed by atoms with Gasteiger partial charge in [0, 0.05) is 0 Å². The van der Waals surface area contributed by atoms with Gasteiger partial charge >= 0.3 is 5.97 Å². The molecule has 5 atom stereocenters. The van der Waals surface area contributed by atoms with Crippen LogP contribution in [-0.4, -0.2) is 22.3 Å². The second kappa shape index (κ2) is 4.71. The van der Waals surface area contributed by atoms with Gasteiger partial charge in [0.05, 0.1) is 11.0 Å². The van der Waals surface area contributed by atoms with Crippen molar-refractivity contribution in [1.82, 2.24) is 0 Å². The SMILES string of the molecule is CCC1CC2(OC(=O)C(C)(C)CC)CC3CC(O)(C1)C3C2. The Hall–Kier alpha value is -0.570. The Bertz CT molecular complexity index is 444. The summed E-state index contributed by atoms with van der Waals surface area (Å²) in [6, 6.07) is 0. The van der Waals surface area contributed by atoms with Crippen LogP contribution < -0.4 is 0 Å². The third-order valence-electron chi connectivity index (χ3n) is 6.73. The normalized spacial score (nSPS) is 44.9. The molecular formula is C18H30O3. The van der Waals surface area contributed by atoms with Crippen LogP contribution in [0.5, 0.6) is 0 Å². The van der Waals surface area contributed by atoms with E-state index in [0.29, 0.717) is 17.8 Å². The lowest BCUT2D eigenvalue weighted by Crippen LogP contribution is -2.52. The van der Waals surface area contributed by atoms with Crippen molar-refractivity contribution in [3.05, 3.63) is 0 Å². The molecule has 0 aromatic carbocycles. The van der Waals surface area contributed by atoms with E-state index in [0.717, 1.165) is 44.9 Å². The van der Waals surface area contributed by atoms with E-state index in [-0.39, 0.29) is 11.6 Å². The van der Waals surface area contributed by atoms with Crippen LogP contribution in [0, 0.1) is 23.2 Å². The predicted octanol–water partition coefficient (Wildman–Crippen LogP) is 3.69. The van der Waals surface area contributed by atoms with Crippen LogP contribution in [-0.2, 0) is 9.53 Å². The predicted molar refractivity (Wildman–Crippen MR) is 81.7 cm³/mol. The molecular weight excluding hydrogens is 264 g/mol. The topological polar surface area (TPSA) is 46.5 Å². The molecule has 3 fully saturated rings. The molecule has 3 aliphatic carbocycles. The second-order valence-electron chi connectivity index (χ2n) is 8.58. The number of carbonyl (C=O) groups excluding carboxylic acids is 1. The molecule has 0 aliphatic heterocycles. The largest absolute Gasteiger partial charge is 0.459 e. The molecule has 3 aliphatic rings. The molecule has 0 amide bonds. The Labute approximate surface area is 128 Å². The molecule has 0 heterocycles. The highest BCUT2D eigenvalue weighted by molar-refractivity contribution is 5.76. The van der Waals surface area contributed by atoms with Crippen molar-refractivity contribution in [2.75, 3.05) is 0 Å². The number of esters is 1.